The number of carbonyl (C=O) groups excluding carboxylic acids is 2. The second kappa shape index (κ2) is 8.16. The maximum atomic E-state index is 12.0. The average molecular weight is 361 g/mol. The summed E-state index contributed by atoms with van der Waals surface area (Å²) in [5, 5.41) is 11.8. The number of para-hydroxylation sites is 1. The molecular weight excluding hydrogens is 351 g/mol. The Morgan fingerprint density at radius 3 is 2.46 bits per heavy atom. The normalized spacial score (nSPS) is 10.6. The van der Waals surface area contributed by atoms with E-state index in [0.29, 0.717) is 10.6 Å². The summed E-state index contributed by atoms with van der Waals surface area (Å²) < 4.78 is 4.92. The molecule has 0 saturated carbocycles. The van der Waals surface area contributed by atoms with E-state index in [4.69, 9.17) is 33.2 Å². The van der Waals surface area contributed by atoms with Crippen LogP contribution in [-0.2, 0) is 4.79 Å². The van der Waals surface area contributed by atoms with Gasteiger partial charge in [0.2, 0.25) is 0 Å². The molecule has 0 atom stereocenters. The van der Waals surface area contributed by atoms with Crippen LogP contribution < -0.4 is 10.1 Å². The molecule has 120 valence electrons. The number of ether oxygens (including phenoxy) is 1. The fraction of sp³-hybridized carbons (Fsp3) is 0. The van der Waals surface area contributed by atoms with E-state index < -0.39 is 12.0 Å². The van der Waals surface area contributed by atoms with Gasteiger partial charge in [0.1, 0.15) is 17.4 Å². The molecular formula is C17H10Cl2N2O3. The molecule has 0 unspecified atom stereocenters. The summed E-state index contributed by atoms with van der Waals surface area (Å²) in [7, 11) is 0. The molecule has 0 spiro atoms. The zero-order chi connectivity index (χ0) is 17.5. The lowest BCUT2D eigenvalue weighted by atomic mass is 10.1. The third kappa shape index (κ3) is 4.85. The van der Waals surface area contributed by atoms with Crippen molar-refractivity contribution in [2.75, 3.05) is 0 Å². The fourth-order valence-corrected chi connectivity index (χ4v) is 2.17. The number of nitriles is 1. The van der Waals surface area contributed by atoms with E-state index in [0.717, 1.165) is 0 Å². The van der Waals surface area contributed by atoms with Gasteiger partial charge in [-0.25, -0.2) is 4.79 Å². The SMILES string of the molecule is N#C/C(=C\c1ccc(Cl)cc1Cl)C(=O)NC(=O)Oc1ccccc1. The van der Waals surface area contributed by atoms with Gasteiger partial charge < -0.3 is 4.74 Å². The van der Waals surface area contributed by atoms with Crippen LogP contribution in [0.4, 0.5) is 4.79 Å². The lowest BCUT2D eigenvalue weighted by Crippen LogP contribution is -2.33. The molecule has 2 aromatic rings. The summed E-state index contributed by atoms with van der Waals surface area (Å²) >= 11 is 11.8. The van der Waals surface area contributed by atoms with E-state index in [-0.39, 0.29) is 16.3 Å². The summed E-state index contributed by atoms with van der Waals surface area (Å²) in [6.45, 7) is 0. The summed E-state index contributed by atoms with van der Waals surface area (Å²) in [5.74, 6) is -0.629. The number of imide groups is 1. The maximum Gasteiger partial charge on any atom is 0.419 e. The number of carbonyl (C=O) groups is 2. The third-order valence-corrected chi connectivity index (χ3v) is 3.36. The van der Waals surface area contributed by atoms with Crippen LogP contribution in [0.3, 0.4) is 0 Å². The van der Waals surface area contributed by atoms with Gasteiger partial charge in [-0.2, -0.15) is 5.26 Å². The van der Waals surface area contributed by atoms with Crippen molar-refractivity contribution in [3.63, 3.8) is 0 Å². The third-order valence-electron chi connectivity index (χ3n) is 2.80. The monoisotopic (exact) mass is 360 g/mol. The Hall–Kier alpha value is -2.81. The Balaban J connectivity index is 2.10. The van der Waals surface area contributed by atoms with Crippen molar-refractivity contribution >= 4 is 41.3 Å². The molecule has 0 aliphatic heterocycles. The van der Waals surface area contributed by atoms with Crippen molar-refractivity contribution in [1.82, 2.24) is 5.32 Å². The van der Waals surface area contributed by atoms with Crippen LogP contribution in [0.25, 0.3) is 6.08 Å². The second-order valence-corrected chi connectivity index (χ2v) is 5.34. The van der Waals surface area contributed by atoms with Gasteiger partial charge in [-0.1, -0.05) is 47.5 Å². The molecule has 0 aliphatic rings. The Bertz CT molecular complexity index is 843. The fourth-order valence-electron chi connectivity index (χ4n) is 1.70. The number of amides is 2. The Morgan fingerprint density at radius 2 is 1.83 bits per heavy atom. The van der Waals surface area contributed by atoms with Gasteiger partial charge in [-0.3, -0.25) is 10.1 Å². The molecule has 24 heavy (non-hydrogen) atoms. The summed E-state index contributed by atoms with van der Waals surface area (Å²) in [6.07, 6.45) is 0.263. The van der Waals surface area contributed by atoms with E-state index in [1.165, 1.54) is 12.1 Å². The molecule has 0 radical (unpaired) electrons. The predicted molar refractivity (Wildman–Crippen MR) is 90.7 cm³/mol. The standard InChI is InChI=1S/C17H10Cl2N2O3/c18-13-7-6-11(15(19)9-13)8-12(10-20)16(22)21-17(23)24-14-4-2-1-3-5-14/h1-9H,(H,21,22,23)/b12-8+. The molecule has 0 heterocycles. The summed E-state index contributed by atoms with van der Waals surface area (Å²) in [5.41, 5.74) is 0.119. The first-order chi connectivity index (χ1) is 11.5. The van der Waals surface area contributed by atoms with Crippen LogP contribution in [0.15, 0.2) is 54.1 Å². The van der Waals surface area contributed by atoms with Crippen LogP contribution in [0, 0.1) is 11.3 Å². The molecule has 7 heteroatoms. The number of nitrogens with zero attached hydrogens (tertiary/aromatic N) is 1. The van der Waals surface area contributed by atoms with Crippen molar-refractivity contribution < 1.29 is 14.3 Å². The zero-order valence-electron chi connectivity index (χ0n) is 12.1. The largest absolute Gasteiger partial charge is 0.419 e. The Labute approximate surface area is 148 Å². The number of benzene rings is 2. The summed E-state index contributed by atoms with van der Waals surface area (Å²) in [6, 6.07) is 14.5. The highest BCUT2D eigenvalue weighted by molar-refractivity contribution is 6.35. The highest BCUT2D eigenvalue weighted by atomic mass is 35.5. The quantitative estimate of drug-likeness (QED) is 0.656. The number of hydrogen-bond donors (Lipinski definition) is 1. The molecule has 0 fully saturated rings. The second-order valence-electron chi connectivity index (χ2n) is 4.49. The first-order valence-corrected chi connectivity index (χ1v) is 7.40. The highest BCUT2D eigenvalue weighted by Crippen LogP contribution is 2.23. The maximum absolute atomic E-state index is 12.0. The zero-order valence-corrected chi connectivity index (χ0v) is 13.6. The van der Waals surface area contributed by atoms with Crippen LogP contribution >= 0.6 is 23.2 Å². The first kappa shape index (κ1) is 17.5. The highest BCUT2D eigenvalue weighted by Gasteiger charge is 2.15. The first-order valence-electron chi connectivity index (χ1n) is 6.64. The van der Waals surface area contributed by atoms with Crippen LogP contribution in [0.1, 0.15) is 5.56 Å². The van der Waals surface area contributed by atoms with Crippen molar-refractivity contribution in [3.8, 4) is 11.8 Å². The Kier molecular flexibility index (Phi) is 5.96. The molecule has 2 rings (SSSR count). The minimum absolute atomic E-state index is 0.269. The molecule has 0 aromatic heterocycles. The van der Waals surface area contributed by atoms with Gasteiger partial charge in [0.05, 0.1) is 0 Å². The van der Waals surface area contributed by atoms with Gasteiger partial charge in [-0.15, -0.1) is 0 Å². The van der Waals surface area contributed by atoms with Gasteiger partial charge >= 0.3 is 6.09 Å². The lowest BCUT2D eigenvalue weighted by molar-refractivity contribution is -0.116. The van der Waals surface area contributed by atoms with Crippen molar-refractivity contribution in [1.29, 1.82) is 5.26 Å². The Morgan fingerprint density at radius 1 is 1.12 bits per heavy atom. The number of rotatable bonds is 3. The molecule has 0 aliphatic carbocycles. The van der Waals surface area contributed by atoms with E-state index in [2.05, 4.69) is 0 Å². The van der Waals surface area contributed by atoms with E-state index in [9.17, 15) is 9.59 Å². The minimum atomic E-state index is -0.991. The number of halogens is 2. The molecule has 1 N–H and O–H groups in total. The smallest absolute Gasteiger partial charge is 0.410 e. The molecule has 0 saturated heterocycles. The molecule has 0 bridgehead atoms. The van der Waals surface area contributed by atoms with Crippen LogP contribution in [0.2, 0.25) is 10.0 Å². The van der Waals surface area contributed by atoms with Crippen molar-refractivity contribution in [2.45, 2.75) is 0 Å². The van der Waals surface area contributed by atoms with Crippen molar-refractivity contribution in [2.24, 2.45) is 0 Å². The summed E-state index contributed by atoms with van der Waals surface area (Å²) in [4.78, 5) is 23.7. The van der Waals surface area contributed by atoms with Gasteiger partial charge in [-0.05, 0) is 35.9 Å². The van der Waals surface area contributed by atoms with Crippen molar-refractivity contribution in [3.05, 3.63) is 69.7 Å². The van der Waals surface area contributed by atoms with E-state index in [1.807, 2.05) is 5.32 Å². The molecule has 2 amide bonds. The predicted octanol–water partition coefficient (Wildman–Crippen LogP) is 4.22. The van der Waals surface area contributed by atoms with Crippen LogP contribution in [-0.4, -0.2) is 12.0 Å². The van der Waals surface area contributed by atoms with Gasteiger partial charge in [0, 0.05) is 10.0 Å². The average Bonchev–Trinajstić information content (AvgIpc) is 2.54. The minimum Gasteiger partial charge on any atom is -0.410 e. The van der Waals surface area contributed by atoms with E-state index >= 15 is 0 Å². The van der Waals surface area contributed by atoms with Gasteiger partial charge in [0.25, 0.3) is 5.91 Å². The van der Waals surface area contributed by atoms with E-state index in [1.54, 1.807) is 48.5 Å². The van der Waals surface area contributed by atoms with Gasteiger partial charge in [0.15, 0.2) is 0 Å². The van der Waals surface area contributed by atoms with Crippen LogP contribution in [0.5, 0.6) is 5.75 Å². The molecule has 2 aromatic carbocycles. The lowest BCUT2D eigenvalue weighted by Gasteiger charge is -2.05. The number of hydrogen-bond acceptors (Lipinski definition) is 4. The number of nitrogens with one attached hydrogen (secondary N) is 1. The topological polar surface area (TPSA) is 79.2 Å². The molecule has 5 nitrogen and oxygen atoms in total.